The molecular formula is C27H29NO5. The van der Waals surface area contributed by atoms with Gasteiger partial charge in [-0.2, -0.15) is 0 Å². The van der Waals surface area contributed by atoms with Crippen molar-refractivity contribution in [3.05, 3.63) is 76.5 Å². The molecule has 1 fully saturated rings. The molecule has 0 unspecified atom stereocenters. The summed E-state index contributed by atoms with van der Waals surface area (Å²) in [7, 11) is 2.92. The van der Waals surface area contributed by atoms with Crippen LogP contribution in [-0.2, 0) is 20.9 Å². The molecule has 0 atom stereocenters. The maximum atomic E-state index is 13.4. The van der Waals surface area contributed by atoms with E-state index in [0.717, 1.165) is 36.8 Å². The second kappa shape index (κ2) is 9.94. The van der Waals surface area contributed by atoms with E-state index in [0.29, 0.717) is 34.9 Å². The van der Waals surface area contributed by atoms with E-state index >= 15 is 0 Å². The smallest absolute Gasteiger partial charge is 0.340 e. The van der Waals surface area contributed by atoms with Crippen LogP contribution in [0.25, 0.3) is 6.08 Å². The molecule has 2 aromatic carbocycles. The van der Waals surface area contributed by atoms with Gasteiger partial charge in [0.05, 0.1) is 25.4 Å². The lowest BCUT2D eigenvalue weighted by molar-refractivity contribution is -0.136. The molecule has 6 heteroatoms. The SMILES string of the molecule is COC(=O)C1=C(C)N(C2CCCC2)C(=O)/C1=C\c1ccc(OCc2ccccc2)c(OC)c1. The van der Waals surface area contributed by atoms with E-state index in [9.17, 15) is 9.59 Å². The number of hydrogen-bond acceptors (Lipinski definition) is 5. The molecule has 6 nitrogen and oxygen atoms in total. The summed E-state index contributed by atoms with van der Waals surface area (Å²) in [5.41, 5.74) is 3.14. The maximum Gasteiger partial charge on any atom is 0.340 e. The minimum absolute atomic E-state index is 0.131. The van der Waals surface area contributed by atoms with Crippen LogP contribution >= 0.6 is 0 Å². The number of nitrogens with zero attached hydrogens (tertiary/aromatic N) is 1. The topological polar surface area (TPSA) is 65.1 Å². The molecule has 1 aliphatic heterocycles. The molecule has 0 N–H and O–H groups in total. The number of ether oxygens (including phenoxy) is 3. The van der Waals surface area contributed by atoms with Gasteiger partial charge in [0, 0.05) is 11.7 Å². The highest BCUT2D eigenvalue weighted by Gasteiger charge is 2.41. The zero-order valence-corrected chi connectivity index (χ0v) is 19.3. The normalized spacial score (nSPS) is 17.7. The van der Waals surface area contributed by atoms with Crippen molar-refractivity contribution in [3.8, 4) is 11.5 Å². The van der Waals surface area contributed by atoms with Gasteiger partial charge < -0.3 is 19.1 Å². The first-order chi connectivity index (χ1) is 16.0. The van der Waals surface area contributed by atoms with E-state index in [1.807, 2.05) is 55.5 Å². The minimum atomic E-state index is -0.498. The van der Waals surface area contributed by atoms with Crippen molar-refractivity contribution in [2.45, 2.75) is 45.3 Å². The van der Waals surface area contributed by atoms with Gasteiger partial charge in [0.2, 0.25) is 0 Å². The van der Waals surface area contributed by atoms with Crippen LogP contribution in [0.1, 0.15) is 43.7 Å². The zero-order chi connectivity index (χ0) is 23.4. The number of carbonyl (C=O) groups excluding carboxylic acids is 2. The standard InChI is InChI=1S/C27H29NO5/c1-18-25(27(30)32-3)22(26(29)28(18)21-11-7-8-12-21)15-20-13-14-23(24(16-20)31-2)33-17-19-9-5-4-6-10-19/h4-6,9-10,13-16,21H,7-8,11-12,17H2,1-3H3/b22-15-. The summed E-state index contributed by atoms with van der Waals surface area (Å²) < 4.78 is 16.5. The number of hydrogen-bond donors (Lipinski definition) is 0. The highest BCUT2D eigenvalue weighted by Crippen LogP contribution is 2.38. The number of methoxy groups -OCH3 is 2. The summed E-state index contributed by atoms with van der Waals surface area (Å²) >= 11 is 0. The molecule has 1 heterocycles. The van der Waals surface area contributed by atoms with Crippen LogP contribution < -0.4 is 9.47 Å². The van der Waals surface area contributed by atoms with Gasteiger partial charge in [-0.1, -0.05) is 49.2 Å². The summed E-state index contributed by atoms with van der Waals surface area (Å²) in [4.78, 5) is 27.7. The van der Waals surface area contributed by atoms with Crippen molar-refractivity contribution in [2.24, 2.45) is 0 Å². The lowest BCUT2D eigenvalue weighted by Gasteiger charge is -2.25. The van der Waals surface area contributed by atoms with Crippen molar-refractivity contribution in [2.75, 3.05) is 14.2 Å². The Labute approximate surface area is 194 Å². The monoisotopic (exact) mass is 447 g/mol. The number of amides is 1. The second-order valence-electron chi connectivity index (χ2n) is 8.31. The summed E-state index contributed by atoms with van der Waals surface area (Å²) in [5, 5.41) is 0. The van der Waals surface area contributed by atoms with Crippen LogP contribution in [0.2, 0.25) is 0 Å². The Morgan fingerprint density at radius 2 is 1.79 bits per heavy atom. The highest BCUT2D eigenvalue weighted by atomic mass is 16.5. The third-order valence-corrected chi connectivity index (χ3v) is 6.26. The van der Waals surface area contributed by atoms with E-state index in [1.54, 1.807) is 18.1 Å². The highest BCUT2D eigenvalue weighted by molar-refractivity contribution is 6.16. The Balaban J connectivity index is 1.63. The Bertz CT molecular complexity index is 1100. The van der Waals surface area contributed by atoms with Gasteiger partial charge in [-0.15, -0.1) is 0 Å². The minimum Gasteiger partial charge on any atom is -0.493 e. The van der Waals surface area contributed by atoms with E-state index in [-0.39, 0.29) is 11.9 Å². The third kappa shape index (κ3) is 4.65. The first-order valence-electron chi connectivity index (χ1n) is 11.2. The van der Waals surface area contributed by atoms with Crippen LogP contribution in [-0.4, -0.2) is 37.0 Å². The summed E-state index contributed by atoms with van der Waals surface area (Å²) in [5.74, 6) is 0.512. The Hall–Kier alpha value is -3.54. The number of carbonyl (C=O) groups is 2. The molecule has 172 valence electrons. The van der Waals surface area contributed by atoms with Crippen LogP contribution in [0.3, 0.4) is 0 Å². The third-order valence-electron chi connectivity index (χ3n) is 6.26. The maximum absolute atomic E-state index is 13.4. The average Bonchev–Trinajstić information content (AvgIpc) is 3.44. The van der Waals surface area contributed by atoms with Gasteiger partial charge in [-0.05, 0) is 49.1 Å². The quantitative estimate of drug-likeness (QED) is 0.447. The van der Waals surface area contributed by atoms with Crippen molar-refractivity contribution in [1.82, 2.24) is 4.90 Å². The van der Waals surface area contributed by atoms with Gasteiger partial charge >= 0.3 is 5.97 Å². The first-order valence-corrected chi connectivity index (χ1v) is 11.2. The van der Waals surface area contributed by atoms with Crippen LogP contribution in [0.5, 0.6) is 11.5 Å². The molecule has 1 amide bonds. The molecule has 4 rings (SSSR count). The van der Waals surface area contributed by atoms with Crippen molar-refractivity contribution in [3.63, 3.8) is 0 Å². The Morgan fingerprint density at radius 3 is 2.45 bits per heavy atom. The summed E-state index contributed by atoms with van der Waals surface area (Å²) in [6.07, 6.45) is 5.82. The molecule has 0 saturated heterocycles. The fourth-order valence-corrected chi connectivity index (χ4v) is 4.60. The number of esters is 1. The lowest BCUT2D eigenvalue weighted by Crippen LogP contribution is -2.34. The van der Waals surface area contributed by atoms with Crippen LogP contribution in [0.15, 0.2) is 65.4 Å². The second-order valence-corrected chi connectivity index (χ2v) is 8.31. The molecule has 2 aromatic rings. The van der Waals surface area contributed by atoms with Gasteiger partial charge in [-0.3, -0.25) is 4.79 Å². The van der Waals surface area contributed by atoms with E-state index in [1.165, 1.54) is 7.11 Å². The van der Waals surface area contributed by atoms with Crippen LogP contribution in [0.4, 0.5) is 0 Å². The molecule has 0 spiro atoms. The molecule has 2 aliphatic rings. The predicted octanol–water partition coefficient (Wildman–Crippen LogP) is 4.89. The van der Waals surface area contributed by atoms with E-state index in [2.05, 4.69) is 0 Å². The number of benzene rings is 2. The molecule has 0 bridgehead atoms. The molecule has 0 aromatic heterocycles. The fourth-order valence-electron chi connectivity index (χ4n) is 4.60. The van der Waals surface area contributed by atoms with Crippen molar-refractivity contribution >= 4 is 18.0 Å². The van der Waals surface area contributed by atoms with Crippen LogP contribution in [0, 0.1) is 0 Å². The first kappa shape index (κ1) is 22.6. The van der Waals surface area contributed by atoms with E-state index in [4.69, 9.17) is 14.2 Å². The molecule has 0 radical (unpaired) electrons. The van der Waals surface area contributed by atoms with Crippen molar-refractivity contribution in [1.29, 1.82) is 0 Å². The predicted molar refractivity (Wildman–Crippen MR) is 126 cm³/mol. The van der Waals surface area contributed by atoms with Gasteiger partial charge in [0.1, 0.15) is 6.61 Å². The van der Waals surface area contributed by atoms with Crippen molar-refractivity contribution < 1.29 is 23.8 Å². The molecule has 1 saturated carbocycles. The zero-order valence-electron chi connectivity index (χ0n) is 19.3. The molecule has 33 heavy (non-hydrogen) atoms. The number of rotatable bonds is 7. The average molecular weight is 448 g/mol. The fraction of sp³-hybridized carbons (Fsp3) is 0.333. The summed E-state index contributed by atoms with van der Waals surface area (Å²) in [6.45, 7) is 2.24. The lowest BCUT2D eigenvalue weighted by atomic mass is 10.0. The number of allylic oxidation sites excluding steroid dienone is 1. The molecule has 1 aliphatic carbocycles. The Morgan fingerprint density at radius 1 is 1.06 bits per heavy atom. The molecular weight excluding hydrogens is 418 g/mol. The van der Waals surface area contributed by atoms with E-state index < -0.39 is 5.97 Å². The summed E-state index contributed by atoms with van der Waals surface area (Å²) in [6, 6.07) is 15.5. The Kier molecular flexibility index (Phi) is 6.82. The largest absolute Gasteiger partial charge is 0.493 e. The van der Waals surface area contributed by atoms with Gasteiger partial charge in [0.25, 0.3) is 5.91 Å². The van der Waals surface area contributed by atoms with Gasteiger partial charge in [-0.25, -0.2) is 4.79 Å². The van der Waals surface area contributed by atoms with Gasteiger partial charge in [0.15, 0.2) is 11.5 Å².